The molecule has 0 fully saturated rings. The van der Waals surface area contributed by atoms with Gasteiger partial charge < -0.3 is 9.53 Å². The molecule has 0 atom stereocenters. The molecule has 20 heavy (non-hydrogen) atoms. The largest absolute Gasteiger partial charge is 0.480 e. The van der Waals surface area contributed by atoms with Crippen LogP contribution in [0.3, 0.4) is 0 Å². The Hall–Kier alpha value is -1.98. The highest BCUT2D eigenvalue weighted by molar-refractivity contribution is 6.31. The van der Waals surface area contributed by atoms with E-state index in [9.17, 15) is 4.79 Å². The highest BCUT2D eigenvalue weighted by Gasteiger charge is 2.06. The Labute approximate surface area is 124 Å². The molecule has 2 rings (SSSR count). The van der Waals surface area contributed by atoms with Crippen LogP contribution in [-0.4, -0.2) is 5.78 Å². The molecule has 0 spiro atoms. The zero-order chi connectivity index (χ0) is 14.4. The van der Waals surface area contributed by atoms with Crippen molar-refractivity contribution in [1.82, 2.24) is 0 Å². The van der Waals surface area contributed by atoms with Gasteiger partial charge in [-0.2, -0.15) is 0 Å². The van der Waals surface area contributed by atoms with Gasteiger partial charge in [-0.1, -0.05) is 35.9 Å². The van der Waals surface area contributed by atoms with Crippen LogP contribution >= 0.6 is 11.6 Å². The molecule has 3 heteroatoms. The summed E-state index contributed by atoms with van der Waals surface area (Å²) in [7, 11) is 0. The number of benzene rings is 1. The molecule has 0 N–H and O–H groups in total. The minimum absolute atomic E-state index is 0.162. The van der Waals surface area contributed by atoms with Crippen molar-refractivity contribution in [2.75, 3.05) is 0 Å². The smallest absolute Gasteiger partial charge is 0.174 e. The van der Waals surface area contributed by atoms with E-state index in [0.717, 1.165) is 11.1 Å². The zero-order valence-corrected chi connectivity index (χ0v) is 12.0. The standard InChI is InChI=1S/C17H15ClO2/c1-13(19)10-11-14-6-3-5-9-17(14)20-12-15-7-2-4-8-16(15)18/h2-4,6-8H,10-12H2,1H3. The minimum Gasteiger partial charge on any atom is -0.480 e. The van der Waals surface area contributed by atoms with Crippen molar-refractivity contribution in [2.45, 2.75) is 26.4 Å². The number of ketones is 1. The van der Waals surface area contributed by atoms with Crippen molar-refractivity contribution in [2.24, 2.45) is 0 Å². The fourth-order valence-corrected chi connectivity index (χ4v) is 2.00. The van der Waals surface area contributed by atoms with Gasteiger partial charge in [0.05, 0.1) is 0 Å². The van der Waals surface area contributed by atoms with Crippen LogP contribution in [0.2, 0.25) is 5.02 Å². The van der Waals surface area contributed by atoms with Crippen molar-refractivity contribution in [3.8, 4) is 5.75 Å². The van der Waals surface area contributed by atoms with Crippen molar-refractivity contribution in [3.05, 3.63) is 64.7 Å². The molecule has 0 amide bonds. The van der Waals surface area contributed by atoms with Crippen LogP contribution in [0.15, 0.2) is 36.4 Å². The lowest BCUT2D eigenvalue weighted by atomic mass is 10.1. The molecule has 0 saturated carbocycles. The van der Waals surface area contributed by atoms with Crippen LogP contribution in [0.1, 0.15) is 24.5 Å². The number of aryl methyl sites for hydroxylation is 1. The first-order chi connectivity index (χ1) is 9.66. The van der Waals surface area contributed by atoms with Crippen molar-refractivity contribution >= 4 is 17.4 Å². The third-order valence-corrected chi connectivity index (χ3v) is 3.29. The number of Topliss-reactive ketones (excluding diaryl/α,β-unsaturated/α-hetero) is 1. The van der Waals surface area contributed by atoms with E-state index in [1.165, 1.54) is 0 Å². The van der Waals surface area contributed by atoms with E-state index >= 15 is 0 Å². The second-order valence-electron chi connectivity index (χ2n) is 4.54. The average molecular weight is 287 g/mol. The van der Waals surface area contributed by atoms with Crippen LogP contribution in [0.25, 0.3) is 0 Å². The summed E-state index contributed by atoms with van der Waals surface area (Å²) in [4.78, 5) is 11.1. The van der Waals surface area contributed by atoms with Gasteiger partial charge in [0, 0.05) is 22.6 Å². The van der Waals surface area contributed by atoms with Gasteiger partial charge in [-0.25, -0.2) is 0 Å². The SMILES string of the molecule is CC(=O)CCc1ccc#cc1OCc1ccccc1Cl. The van der Waals surface area contributed by atoms with Crippen LogP contribution < -0.4 is 4.74 Å². The fourth-order valence-electron chi connectivity index (χ4n) is 1.81. The Morgan fingerprint density at radius 2 is 2.05 bits per heavy atom. The average Bonchev–Trinajstić information content (AvgIpc) is 2.45. The lowest BCUT2D eigenvalue weighted by Gasteiger charge is -2.09. The van der Waals surface area contributed by atoms with E-state index in [4.69, 9.17) is 16.3 Å². The predicted octanol–water partition coefficient (Wildman–Crippen LogP) is 4.04. The Balaban J connectivity index is 2.06. The molecule has 0 bridgehead atoms. The summed E-state index contributed by atoms with van der Waals surface area (Å²) in [5.74, 6) is 0.795. The molecule has 0 aliphatic rings. The maximum Gasteiger partial charge on any atom is 0.174 e. The summed E-state index contributed by atoms with van der Waals surface area (Å²) in [6.07, 6.45) is 1.15. The number of carbonyl (C=O) groups is 1. The number of rotatable bonds is 6. The van der Waals surface area contributed by atoms with Gasteiger partial charge in [0.1, 0.15) is 12.4 Å². The summed E-state index contributed by atoms with van der Waals surface area (Å²) < 4.78 is 5.75. The molecule has 0 unspecified atom stereocenters. The second kappa shape index (κ2) is 6.98. The van der Waals surface area contributed by atoms with Gasteiger partial charge in [0.2, 0.25) is 0 Å². The lowest BCUT2D eigenvalue weighted by molar-refractivity contribution is -0.116. The molecular weight excluding hydrogens is 272 g/mol. The molecule has 0 saturated heterocycles. The third-order valence-electron chi connectivity index (χ3n) is 2.92. The van der Waals surface area contributed by atoms with E-state index in [1.54, 1.807) is 13.0 Å². The molecule has 0 aliphatic heterocycles. The normalized spacial score (nSPS) is 9.90. The molecule has 0 aliphatic carbocycles. The summed E-state index contributed by atoms with van der Waals surface area (Å²) in [5.41, 5.74) is 1.88. The number of carbonyl (C=O) groups excluding carboxylic acids is 1. The maximum atomic E-state index is 11.1. The first-order valence-corrected chi connectivity index (χ1v) is 6.81. The Kier molecular flexibility index (Phi) is 5.03. The van der Waals surface area contributed by atoms with E-state index in [1.807, 2.05) is 30.3 Å². The topological polar surface area (TPSA) is 26.3 Å². The first kappa shape index (κ1) is 14.4. The van der Waals surface area contributed by atoms with E-state index in [-0.39, 0.29) is 5.78 Å². The van der Waals surface area contributed by atoms with Crippen LogP contribution in [0.5, 0.6) is 5.75 Å². The van der Waals surface area contributed by atoms with E-state index < -0.39 is 0 Å². The molecule has 0 heterocycles. The van der Waals surface area contributed by atoms with Gasteiger partial charge in [0.15, 0.2) is 5.75 Å². The number of halogens is 1. The van der Waals surface area contributed by atoms with E-state index in [2.05, 4.69) is 12.1 Å². The predicted molar refractivity (Wildman–Crippen MR) is 78.9 cm³/mol. The zero-order valence-electron chi connectivity index (χ0n) is 11.3. The minimum atomic E-state index is 0.162. The van der Waals surface area contributed by atoms with Crippen molar-refractivity contribution in [1.29, 1.82) is 0 Å². The third kappa shape index (κ3) is 4.01. The van der Waals surface area contributed by atoms with Gasteiger partial charge >= 0.3 is 0 Å². The quantitative estimate of drug-likeness (QED) is 0.801. The van der Waals surface area contributed by atoms with Crippen LogP contribution in [0, 0.1) is 12.1 Å². The number of hydrogen-bond acceptors (Lipinski definition) is 2. The van der Waals surface area contributed by atoms with Crippen molar-refractivity contribution in [3.63, 3.8) is 0 Å². The lowest BCUT2D eigenvalue weighted by Crippen LogP contribution is -2.00. The van der Waals surface area contributed by atoms with E-state index in [0.29, 0.717) is 30.2 Å². The number of hydrogen-bond donors (Lipinski definition) is 0. The Morgan fingerprint density at radius 3 is 2.80 bits per heavy atom. The molecule has 2 aromatic carbocycles. The van der Waals surface area contributed by atoms with Crippen LogP contribution in [0.4, 0.5) is 0 Å². The molecule has 0 radical (unpaired) electrons. The summed E-state index contributed by atoms with van der Waals surface area (Å²) in [6, 6.07) is 17.1. The molecule has 102 valence electrons. The maximum absolute atomic E-state index is 11.1. The van der Waals surface area contributed by atoms with Gasteiger partial charge in [-0.3, -0.25) is 0 Å². The van der Waals surface area contributed by atoms with Crippen LogP contribution in [-0.2, 0) is 17.8 Å². The highest BCUT2D eigenvalue weighted by atomic mass is 35.5. The highest BCUT2D eigenvalue weighted by Crippen LogP contribution is 2.21. The summed E-state index contributed by atoms with van der Waals surface area (Å²) in [5, 5.41) is 0.678. The van der Waals surface area contributed by atoms with Gasteiger partial charge in [-0.15, -0.1) is 0 Å². The molecule has 2 aromatic rings. The monoisotopic (exact) mass is 286 g/mol. The summed E-state index contributed by atoms with van der Waals surface area (Å²) in [6.45, 7) is 1.96. The Morgan fingerprint density at radius 1 is 1.25 bits per heavy atom. The van der Waals surface area contributed by atoms with Crippen molar-refractivity contribution < 1.29 is 9.53 Å². The fraction of sp³-hybridized carbons (Fsp3) is 0.235. The molecule has 2 nitrogen and oxygen atoms in total. The Bertz CT molecular complexity index is 593. The number of ether oxygens (including phenoxy) is 1. The molecular formula is C17H15ClO2. The van der Waals surface area contributed by atoms with Gasteiger partial charge in [0.25, 0.3) is 0 Å². The molecule has 0 aromatic heterocycles. The summed E-state index contributed by atoms with van der Waals surface area (Å²) >= 11 is 6.09. The first-order valence-electron chi connectivity index (χ1n) is 6.43. The van der Waals surface area contributed by atoms with Gasteiger partial charge in [-0.05, 0) is 37.6 Å². The second-order valence-corrected chi connectivity index (χ2v) is 4.95.